The van der Waals surface area contributed by atoms with Crippen LogP contribution in [0.4, 0.5) is 5.69 Å². The Morgan fingerprint density at radius 2 is 1.94 bits per heavy atom. The van der Waals surface area contributed by atoms with Crippen molar-refractivity contribution in [2.45, 2.75) is 27.2 Å². The van der Waals surface area contributed by atoms with Crippen LogP contribution < -0.4 is 9.64 Å². The molecule has 1 aliphatic rings. The molecule has 0 spiro atoms. The molecule has 0 aliphatic carbocycles. The summed E-state index contributed by atoms with van der Waals surface area (Å²) < 4.78 is 17.5. The Morgan fingerprint density at radius 1 is 1.16 bits per heavy atom. The van der Waals surface area contributed by atoms with Crippen LogP contribution >= 0.6 is 0 Å². The monoisotopic (exact) mass is 437 g/mol. The van der Waals surface area contributed by atoms with Crippen LogP contribution in [-0.2, 0) is 14.3 Å². The molecule has 32 heavy (non-hydrogen) atoms. The van der Waals surface area contributed by atoms with E-state index in [4.69, 9.17) is 14.0 Å². The van der Waals surface area contributed by atoms with Crippen molar-refractivity contribution in [3.63, 3.8) is 0 Å². The molecule has 0 bridgehead atoms. The first-order valence-corrected chi connectivity index (χ1v) is 10.2. The van der Waals surface area contributed by atoms with Crippen molar-refractivity contribution >= 4 is 23.3 Å². The third-order valence-corrected chi connectivity index (χ3v) is 5.29. The zero-order valence-corrected chi connectivity index (χ0v) is 18.1. The fourth-order valence-corrected chi connectivity index (χ4v) is 3.75. The number of fused-ring (bicyclic) bond motifs is 1. The Bertz CT molecular complexity index is 1190. The van der Waals surface area contributed by atoms with E-state index in [1.807, 2.05) is 17.6 Å². The number of anilines is 1. The van der Waals surface area contributed by atoms with Gasteiger partial charge >= 0.3 is 5.97 Å². The number of carbonyl (C=O) groups is 3. The van der Waals surface area contributed by atoms with E-state index in [0.29, 0.717) is 34.3 Å². The normalized spacial score (nSPS) is 13.0. The molecule has 4 rings (SSSR count). The molecule has 0 unspecified atom stereocenters. The maximum absolute atomic E-state index is 12.7. The minimum atomic E-state index is -0.559. The Hall–Kier alpha value is -3.88. The van der Waals surface area contributed by atoms with Gasteiger partial charge in [-0.1, -0.05) is 17.3 Å². The predicted molar refractivity (Wildman–Crippen MR) is 114 cm³/mol. The van der Waals surface area contributed by atoms with Gasteiger partial charge in [0, 0.05) is 29.6 Å². The van der Waals surface area contributed by atoms with Crippen LogP contribution in [0.15, 0.2) is 40.9 Å². The summed E-state index contributed by atoms with van der Waals surface area (Å²) in [6.07, 6.45) is -0.0371. The molecule has 9 nitrogen and oxygen atoms in total. The summed E-state index contributed by atoms with van der Waals surface area (Å²) in [5, 5.41) is 4.00. The lowest BCUT2D eigenvalue weighted by molar-refractivity contribution is -0.142. The van der Waals surface area contributed by atoms with Crippen LogP contribution in [0.5, 0.6) is 5.75 Å². The van der Waals surface area contributed by atoms with Crippen LogP contribution in [0.2, 0.25) is 0 Å². The highest BCUT2D eigenvalue weighted by Gasteiger charge is 2.26. The van der Waals surface area contributed by atoms with Crippen molar-refractivity contribution < 1.29 is 28.4 Å². The van der Waals surface area contributed by atoms with Crippen LogP contribution in [0.25, 0.3) is 5.82 Å². The molecule has 1 amide bonds. The first kappa shape index (κ1) is 21.4. The average Bonchev–Trinajstić information content (AvgIpc) is 3.33. The van der Waals surface area contributed by atoms with Crippen LogP contribution in [0.3, 0.4) is 0 Å². The van der Waals surface area contributed by atoms with Crippen molar-refractivity contribution in [3.05, 3.63) is 59.1 Å². The number of para-hydroxylation sites is 2. The van der Waals surface area contributed by atoms with Crippen molar-refractivity contribution in [2.24, 2.45) is 0 Å². The summed E-state index contributed by atoms with van der Waals surface area (Å²) in [5.41, 5.74) is 2.57. The lowest BCUT2D eigenvalue weighted by atomic mass is 10.1. The second-order valence-corrected chi connectivity index (χ2v) is 7.55. The van der Waals surface area contributed by atoms with Crippen LogP contribution in [-0.4, -0.2) is 47.1 Å². The molecule has 0 atom stereocenters. The molecule has 0 N–H and O–H groups in total. The molecule has 1 aliphatic heterocycles. The minimum Gasteiger partial charge on any atom is -0.482 e. The van der Waals surface area contributed by atoms with Crippen LogP contribution in [0, 0.1) is 20.8 Å². The number of Topliss-reactive ketones (excluding diaryl/α,β-unsaturated/α-hetero) is 1. The van der Waals surface area contributed by atoms with E-state index in [0.717, 1.165) is 5.69 Å². The maximum atomic E-state index is 12.7. The second-order valence-electron chi connectivity index (χ2n) is 7.55. The number of aryl methyl sites for hydroxylation is 2. The molecule has 9 heteroatoms. The molecular formula is C23H23N3O6. The van der Waals surface area contributed by atoms with Gasteiger partial charge in [-0.2, -0.15) is 0 Å². The molecule has 3 aromatic rings. The Kier molecular flexibility index (Phi) is 5.81. The average molecular weight is 437 g/mol. The highest BCUT2D eigenvalue weighted by atomic mass is 16.5. The maximum Gasteiger partial charge on any atom is 0.308 e. The molecule has 0 fully saturated rings. The Balaban J connectivity index is 1.36. The predicted octanol–water partition coefficient (Wildman–Crippen LogP) is 2.93. The summed E-state index contributed by atoms with van der Waals surface area (Å²) in [6, 6.07) is 10.6. The SMILES string of the molecule is Cc1cc(-n2c(C)cc(C(=O)COC(=O)CCN3C(=O)COc4ccccc43)c2C)no1. The van der Waals surface area contributed by atoms with Gasteiger partial charge in [-0.15, -0.1) is 0 Å². The van der Waals surface area contributed by atoms with Gasteiger partial charge in [0.1, 0.15) is 11.5 Å². The van der Waals surface area contributed by atoms with E-state index < -0.39 is 5.97 Å². The van der Waals surface area contributed by atoms with Gasteiger partial charge in [0.25, 0.3) is 5.91 Å². The number of hydrogen-bond acceptors (Lipinski definition) is 7. The lowest BCUT2D eigenvalue weighted by Gasteiger charge is -2.28. The number of esters is 1. The number of rotatable bonds is 7. The van der Waals surface area contributed by atoms with Crippen molar-refractivity contribution in [1.29, 1.82) is 0 Å². The number of carbonyl (C=O) groups excluding carboxylic acids is 3. The van der Waals surface area contributed by atoms with E-state index in [1.165, 1.54) is 4.90 Å². The highest BCUT2D eigenvalue weighted by Crippen LogP contribution is 2.31. The fraction of sp³-hybridized carbons (Fsp3) is 0.304. The third-order valence-electron chi connectivity index (χ3n) is 5.29. The standard InChI is InChI=1S/C23H23N3O6/c1-14-10-17(16(3)26(14)21-11-15(2)32-24-21)19(27)12-31-23(29)8-9-25-18-6-4-5-7-20(18)30-13-22(25)28/h4-7,10-11H,8-9,12-13H2,1-3H3. The van der Waals surface area contributed by atoms with Gasteiger partial charge in [-0.25, -0.2) is 0 Å². The van der Waals surface area contributed by atoms with Crippen LogP contribution in [0.1, 0.15) is 33.9 Å². The van der Waals surface area contributed by atoms with Crippen molar-refractivity contribution in [2.75, 3.05) is 24.7 Å². The quantitative estimate of drug-likeness (QED) is 0.413. The van der Waals surface area contributed by atoms with Crippen molar-refractivity contribution in [1.82, 2.24) is 9.72 Å². The molecule has 166 valence electrons. The Morgan fingerprint density at radius 3 is 2.69 bits per heavy atom. The van der Waals surface area contributed by atoms with Gasteiger partial charge in [-0.05, 0) is 39.0 Å². The largest absolute Gasteiger partial charge is 0.482 e. The van der Waals surface area contributed by atoms with Gasteiger partial charge in [0.2, 0.25) is 5.78 Å². The zero-order chi connectivity index (χ0) is 22.8. The molecule has 0 radical (unpaired) electrons. The molecule has 3 heterocycles. The summed E-state index contributed by atoms with van der Waals surface area (Å²) in [5.74, 6) is 0.734. The van der Waals surface area contributed by atoms with Gasteiger partial charge < -0.3 is 18.9 Å². The number of aromatic nitrogens is 2. The number of hydrogen-bond donors (Lipinski definition) is 0. The first-order valence-electron chi connectivity index (χ1n) is 10.2. The van der Waals surface area contributed by atoms with Crippen molar-refractivity contribution in [3.8, 4) is 11.6 Å². The summed E-state index contributed by atoms with van der Waals surface area (Å²) >= 11 is 0. The topological polar surface area (TPSA) is 104 Å². The summed E-state index contributed by atoms with van der Waals surface area (Å²) in [7, 11) is 0. The zero-order valence-electron chi connectivity index (χ0n) is 18.1. The van der Waals surface area contributed by atoms with E-state index in [2.05, 4.69) is 5.16 Å². The first-order chi connectivity index (χ1) is 15.3. The second kappa shape index (κ2) is 8.70. The van der Waals surface area contributed by atoms with Gasteiger partial charge in [-0.3, -0.25) is 19.0 Å². The number of ketones is 1. The van der Waals surface area contributed by atoms with E-state index in [-0.39, 0.29) is 37.9 Å². The third kappa shape index (κ3) is 4.14. The van der Waals surface area contributed by atoms with E-state index in [9.17, 15) is 14.4 Å². The molecule has 0 saturated heterocycles. The number of ether oxygens (including phenoxy) is 2. The molecular weight excluding hydrogens is 414 g/mol. The molecule has 0 saturated carbocycles. The molecule has 1 aromatic carbocycles. The van der Waals surface area contributed by atoms with E-state index in [1.54, 1.807) is 44.2 Å². The van der Waals surface area contributed by atoms with Gasteiger partial charge in [0.15, 0.2) is 19.0 Å². The number of nitrogens with zero attached hydrogens (tertiary/aromatic N) is 3. The Labute approximate surface area is 184 Å². The highest BCUT2D eigenvalue weighted by molar-refractivity contribution is 6.00. The lowest BCUT2D eigenvalue weighted by Crippen LogP contribution is -2.40. The smallest absolute Gasteiger partial charge is 0.308 e. The number of amides is 1. The fourth-order valence-electron chi connectivity index (χ4n) is 3.75. The number of benzene rings is 1. The minimum absolute atomic E-state index is 0.0371. The summed E-state index contributed by atoms with van der Waals surface area (Å²) in [6.45, 7) is 5.13. The molecule has 2 aromatic heterocycles. The van der Waals surface area contributed by atoms with E-state index >= 15 is 0 Å². The van der Waals surface area contributed by atoms with Gasteiger partial charge in [0.05, 0.1) is 12.1 Å². The summed E-state index contributed by atoms with van der Waals surface area (Å²) in [4.78, 5) is 38.6.